The first-order valence-electron chi connectivity index (χ1n) is 8.78. The molecule has 8 nitrogen and oxygen atoms in total. The number of fused-ring (bicyclic) bond motifs is 1. The van der Waals surface area contributed by atoms with Gasteiger partial charge in [-0.15, -0.1) is 0 Å². The highest BCUT2D eigenvalue weighted by atomic mass is 32.2. The Kier molecular flexibility index (Phi) is 4.75. The lowest BCUT2D eigenvalue weighted by molar-refractivity contribution is 0.0981. The maximum Gasteiger partial charge on any atom is 0.264 e. The molecule has 1 N–H and O–H groups in total. The van der Waals surface area contributed by atoms with Crippen molar-refractivity contribution >= 4 is 42.4 Å². The largest absolute Gasteiger partial charge is 0.270 e. The average Bonchev–Trinajstić information content (AvgIpc) is 3.06. The Labute approximate surface area is 168 Å². The fourth-order valence-electron chi connectivity index (χ4n) is 3.27. The number of hydrogen-bond acceptors (Lipinski definition) is 6. The molecule has 0 aliphatic carbocycles. The highest BCUT2D eigenvalue weighted by molar-refractivity contribution is 7.93. The van der Waals surface area contributed by atoms with E-state index in [0.29, 0.717) is 29.4 Å². The van der Waals surface area contributed by atoms with E-state index in [0.717, 1.165) is 0 Å². The van der Waals surface area contributed by atoms with Crippen LogP contribution in [0.4, 0.5) is 5.69 Å². The van der Waals surface area contributed by atoms with Gasteiger partial charge in [0.2, 0.25) is 10.0 Å². The van der Waals surface area contributed by atoms with Crippen molar-refractivity contribution in [3.05, 3.63) is 66.5 Å². The molecule has 150 valence electrons. The number of amides is 1. The summed E-state index contributed by atoms with van der Waals surface area (Å²) in [5, 5.41) is 1.09. The van der Waals surface area contributed by atoms with E-state index in [-0.39, 0.29) is 16.2 Å². The van der Waals surface area contributed by atoms with Gasteiger partial charge in [-0.2, -0.15) is 0 Å². The van der Waals surface area contributed by atoms with Crippen LogP contribution in [0.1, 0.15) is 16.8 Å². The zero-order valence-corrected chi connectivity index (χ0v) is 16.8. The van der Waals surface area contributed by atoms with Crippen LogP contribution in [0.5, 0.6) is 0 Å². The Hall–Kier alpha value is -2.98. The molecule has 1 saturated heterocycles. The highest BCUT2D eigenvalue weighted by Crippen LogP contribution is 2.25. The van der Waals surface area contributed by atoms with Gasteiger partial charge in [0.05, 0.1) is 16.3 Å². The van der Waals surface area contributed by atoms with E-state index in [1.54, 1.807) is 24.4 Å². The maximum atomic E-state index is 12.8. The van der Waals surface area contributed by atoms with Gasteiger partial charge in [-0.3, -0.25) is 14.1 Å². The van der Waals surface area contributed by atoms with Gasteiger partial charge in [0, 0.05) is 35.3 Å². The SMILES string of the molecule is O=C(NS(=O)(=O)c1cccc2cnccc12)c1ccc(N2CCCS2(=O)=O)cc1. The lowest BCUT2D eigenvalue weighted by atomic mass is 10.2. The lowest BCUT2D eigenvalue weighted by Crippen LogP contribution is -2.31. The van der Waals surface area contributed by atoms with Crippen LogP contribution >= 0.6 is 0 Å². The molecule has 4 rings (SSSR count). The number of aromatic nitrogens is 1. The fourth-order valence-corrected chi connectivity index (χ4v) is 6.04. The monoisotopic (exact) mass is 431 g/mol. The van der Waals surface area contributed by atoms with Gasteiger partial charge in [0.15, 0.2) is 0 Å². The number of nitrogens with one attached hydrogen (secondary N) is 1. The Bertz CT molecular complexity index is 1300. The molecule has 1 aliphatic heterocycles. The molecule has 2 heterocycles. The summed E-state index contributed by atoms with van der Waals surface area (Å²) in [6, 6.07) is 12.1. The smallest absolute Gasteiger partial charge is 0.264 e. The number of nitrogens with zero attached hydrogens (tertiary/aromatic N) is 2. The van der Waals surface area contributed by atoms with Gasteiger partial charge in [0.1, 0.15) is 0 Å². The zero-order chi connectivity index (χ0) is 20.6. The summed E-state index contributed by atoms with van der Waals surface area (Å²) in [6.45, 7) is 0.387. The average molecular weight is 431 g/mol. The van der Waals surface area contributed by atoms with Crippen molar-refractivity contribution in [3.8, 4) is 0 Å². The number of sulfonamides is 2. The Morgan fingerprint density at radius 1 is 1.07 bits per heavy atom. The van der Waals surface area contributed by atoms with Crippen molar-refractivity contribution in [2.24, 2.45) is 0 Å². The van der Waals surface area contributed by atoms with E-state index in [9.17, 15) is 21.6 Å². The topological polar surface area (TPSA) is 114 Å². The minimum Gasteiger partial charge on any atom is -0.270 e. The summed E-state index contributed by atoms with van der Waals surface area (Å²) < 4.78 is 52.8. The number of rotatable bonds is 4. The molecule has 3 aromatic rings. The maximum absolute atomic E-state index is 12.8. The quantitative estimate of drug-likeness (QED) is 0.675. The van der Waals surface area contributed by atoms with Gasteiger partial charge in [-0.25, -0.2) is 21.6 Å². The van der Waals surface area contributed by atoms with Gasteiger partial charge >= 0.3 is 0 Å². The van der Waals surface area contributed by atoms with Crippen molar-refractivity contribution in [2.75, 3.05) is 16.6 Å². The summed E-state index contributed by atoms with van der Waals surface area (Å²) in [5.74, 6) is -0.708. The van der Waals surface area contributed by atoms with E-state index in [1.807, 2.05) is 0 Å². The van der Waals surface area contributed by atoms with E-state index in [1.165, 1.54) is 40.8 Å². The van der Waals surface area contributed by atoms with Gasteiger partial charge in [-0.1, -0.05) is 12.1 Å². The number of anilines is 1. The third-order valence-electron chi connectivity index (χ3n) is 4.67. The summed E-state index contributed by atoms with van der Waals surface area (Å²) in [7, 11) is -7.44. The van der Waals surface area contributed by atoms with Crippen molar-refractivity contribution in [3.63, 3.8) is 0 Å². The summed E-state index contributed by atoms with van der Waals surface area (Å²) in [4.78, 5) is 16.4. The molecule has 1 aliphatic rings. The Morgan fingerprint density at radius 2 is 1.83 bits per heavy atom. The van der Waals surface area contributed by atoms with E-state index < -0.39 is 26.0 Å². The number of carbonyl (C=O) groups is 1. The van der Waals surface area contributed by atoms with Crippen molar-refractivity contribution in [1.29, 1.82) is 0 Å². The van der Waals surface area contributed by atoms with E-state index in [4.69, 9.17) is 0 Å². The normalized spacial score (nSPS) is 16.1. The van der Waals surface area contributed by atoms with Crippen LogP contribution in [0.25, 0.3) is 10.8 Å². The first-order chi connectivity index (χ1) is 13.8. The molecule has 2 aromatic carbocycles. The summed E-state index contributed by atoms with van der Waals surface area (Å²) >= 11 is 0. The molecular weight excluding hydrogens is 414 g/mol. The third-order valence-corrected chi connectivity index (χ3v) is 7.93. The van der Waals surface area contributed by atoms with Gasteiger partial charge in [-0.05, 0) is 42.8 Å². The molecule has 0 unspecified atom stereocenters. The predicted octanol–water partition coefficient (Wildman–Crippen LogP) is 1.89. The second-order valence-corrected chi connectivity index (χ2v) is 10.2. The molecule has 29 heavy (non-hydrogen) atoms. The second kappa shape index (κ2) is 7.12. The van der Waals surface area contributed by atoms with Crippen LogP contribution in [0.3, 0.4) is 0 Å². The first-order valence-corrected chi connectivity index (χ1v) is 11.9. The molecule has 0 saturated carbocycles. The van der Waals surface area contributed by atoms with Crippen LogP contribution in [0, 0.1) is 0 Å². The molecule has 1 amide bonds. The molecule has 0 bridgehead atoms. The van der Waals surface area contributed by atoms with Crippen LogP contribution in [-0.2, 0) is 20.0 Å². The van der Waals surface area contributed by atoms with Crippen LogP contribution in [0.2, 0.25) is 0 Å². The Morgan fingerprint density at radius 3 is 2.52 bits per heavy atom. The van der Waals surface area contributed by atoms with Gasteiger partial charge < -0.3 is 0 Å². The number of benzene rings is 2. The Balaban J connectivity index is 1.59. The first kappa shape index (κ1) is 19.3. The van der Waals surface area contributed by atoms with Crippen LogP contribution < -0.4 is 9.03 Å². The molecule has 0 atom stereocenters. The molecule has 0 radical (unpaired) electrons. The third kappa shape index (κ3) is 3.68. The van der Waals surface area contributed by atoms with Crippen LogP contribution in [0.15, 0.2) is 65.8 Å². The molecule has 1 fully saturated rings. The number of carbonyl (C=O) groups excluding carboxylic acids is 1. The standard InChI is InChI=1S/C19H17N3O5S2/c23-19(14-5-7-16(8-6-14)22-11-2-12-28(22,24)25)21-29(26,27)18-4-1-3-15-13-20-10-9-17(15)18/h1,3-10,13H,2,11-12H2,(H,21,23). The molecule has 1 aromatic heterocycles. The second-order valence-electron chi connectivity index (χ2n) is 6.58. The van der Waals surface area contributed by atoms with Crippen molar-refractivity contribution in [2.45, 2.75) is 11.3 Å². The lowest BCUT2D eigenvalue weighted by Gasteiger charge is -2.17. The van der Waals surface area contributed by atoms with E-state index >= 15 is 0 Å². The fraction of sp³-hybridized carbons (Fsp3) is 0.158. The van der Waals surface area contributed by atoms with Crippen molar-refractivity contribution in [1.82, 2.24) is 9.71 Å². The number of hydrogen-bond donors (Lipinski definition) is 1. The number of pyridine rings is 1. The summed E-state index contributed by atoms with van der Waals surface area (Å²) in [5.41, 5.74) is 0.555. The minimum atomic E-state index is -4.11. The highest BCUT2D eigenvalue weighted by Gasteiger charge is 2.28. The zero-order valence-electron chi connectivity index (χ0n) is 15.1. The molecule has 0 spiro atoms. The molecule has 10 heteroatoms. The van der Waals surface area contributed by atoms with Crippen LogP contribution in [-0.4, -0.2) is 40.0 Å². The summed E-state index contributed by atoms with van der Waals surface area (Å²) in [6.07, 6.45) is 3.57. The van der Waals surface area contributed by atoms with Crippen molar-refractivity contribution < 1.29 is 21.6 Å². The molecular formula is C19H17N3O5S2. The van der Waals surface area contributed by atoms with E-state index in [2.05, 4.69) is 9.71 Å². The van der Waals surface area contributed by atoms with Gasteiger partial charge in [0.25, 0.3) is 15.9 Å². The minimum absolute atomic E-state index is 0.0227. The predicted molar refractivity (Wildman–Crippen MR) is 109 cm³/mol.